The summed E-state index contributed by atoms with van der Waals surface area (Å²) in [6, 6.07) is 14.3. The zero-order valence-electron chi connectivity index (χ0n) is 18.2. The van der Waals surface area contributed by atoms with Crippen molar-refractivity contribution < 1.29 is 28.2 Å². The van der Waals surface area contributed by atoms with Gasteiger partial charge in [-0.2, -0.15) is 0 Å². The van der Waals surface area contributed by atoms with Crippen LogP contribution in [0, 0.1) is 5.82 Å². The van der Waals surface area contributed by atoms with E-state index >= 15 is 0 Å². The molecule has 3 aromatic carbocycles. The number of amides is 4. The molecule has 178 valence electrons. The molecule has 0 aliphatic carbocycles. The third-order valence-corrected chi connectivity index (χ3v) is 5.66. The first kappa shape index (κ1) is 24.3. The number of ether oxygens (including phenoxy) is 2. The molecule has 4 rings (SSSR count). The summed E-state index contributed by atoms with van der Waals surface area (Å²) in [5, 5.41) is 2.32. The molecule has 0 spiro atoms. The topological polar surface area (TPSA) is 84.9 Å². The first-order valence-electron chi connectivity index (χ1n) is 10.2. The fraction of sp³-hybridized carbons (Fsp3) is 0.0800. The number of benzene rings is 3. The first-order chi connectivity index (χ1) is 16.8. The number of nitrogens with zero attached hydrogens (tertiary/aromatic N) is 1. The number of carbonyl (C=O) groups excluding carboxylic acids is 3. The van der Waals surface area contributed by atoms with E-state index in [0.29, 0.717) is 16.9 Å². The number of anilines is 1. The summed E-state index contributed by atoms with van der Waals surface area (Å²) in [4.78, 5) is 38.7. The molecule has 0 atom stereocenters. The average Bonchev–Trinajstić information content (AvgIpc) is 2.82. The highest BCUT2D eigenvalue weighted by molar-refractivity contribution is 6.40. The second-order valence-corrected chi connectivity index (χ2v) is 8.16. The van der Waals surface area contributed by atoms with Crippen molar-refractivity contribution in [1.82, 2.24) is 5.32 Å². The molecule has 0 unspecified atom stereocenters. The summed E-state index contributed by atoms with van der Waals surface area (Å²) >= 11 is 12.6. The molecule has 1 fully saturated rings. The van der Waals surface area contributed by atoms with Crippen molar-refractivity contribution in [2.75, 3.05) is 12.0 Å². The monoisotopic (exact) mass is 514 g/mol. The van der Waals surface area contributed by atoms with Gasteiger partial charge in [-0.05, 0) is 54.1 Å². The van der Waals surface area contributed by atoms with Gasteiger partial charge < -0.3 is 9.47 Å². The van der Waals surface area contributed by atoms with Crippen molar-refractivity contribution in [3.8, 4) is 11.5 Å². The Hall–Kier alpha value is -3.88. The number of carbonyl (C=O) groups is 3. The Labute approximate surface area is 209 Å². The molecular weight excluding hydrogens is 498 g/mol. The van der Waals surface area contributed by atoms with E-state index in [1.807, 2.05) is 0 Å². The van der Waals surface area contributed by atoms with Gasteiger partial charge in [0.05, 0.1) is 22.8 Å². The predicted octanol–water partition coefficient (Wildman–Crippen LogP) is 5.39. The second kappa shape index (κ2) is 10.2. The lowest BCUT2D eigenvalue weighted by molar-refractivity contribution is -0.122. The van der Waals surface area contributed by atoms with Gasteiger partial charge in [0.1, 0.15) is 23.7 Å². The largest absolute Gasteiger partial charge is 0.497 e. The van der Waals surface area contributed by atoms with Crippen LogP contribution >= 0.6 is 23.2 Å². The van der Waals surface area contributed by atoms with Crippen LogP contribution in [0.25, 0.3) is 6.08 Å². The number of imide groups is 2. The number of hydrogen-bond acceptors (Lipinski definition) is 5. The Morgan fingerprint density at radius 2 is 1.66 bits per heavy atom. The maximum absolute atomic E-state index is 13.9. The van der Waals surface area contributed by atoms with Crippen LogP contribution in [-0.2, 0) is 16.2 Å². The molecule has 7 nitrogen and oxygen atoms in total. The molecule has 0 bridgehead atoms. The van der Waals surface area contributed by atoms with Crippen molar-refractivity contribution in [2.24, 2.45) is 0 Å². The average molecular weight is 515 g/mol. The molecule has 0 radical (unpaired) electrons. The number of nitrogens with one attached hydrogen (secondary N) is 1. The Morgan fingerprint density at radius 1 is 1.00 bits per heavy atom. The molecule has 4 amide bonds. The van der Waals surface area contributed by atoms with Gasteiger partial charge in [-0.3, -0.25) is 14.9 Å². The third kappa shape index (κ3) is 5.13. The lowest BCUT2D eigenvalue weighted by Gasteiger charge is -2.26. The van der Waals surface area contributed by atoms with Crippen molar-refractivity contribution in [2.45, 2.75) is 6.61 Å². The minimum Gasteiger partial charge on any atom is -0.497 e. The van der Waals surface area contributed by atoms with Gasteiger partial charge in [-0.1, -0.05) is 41.4 Å². The van der Waals surface area contributed by atoms with Crippen LogP contribution in [-0.4, -0.2) is 25.0 Å². The fourth-order valence-electron chi connectivity index (χ4n) is 3.36. The smallest absolute Gasteiger partial charge is 0.335 e. The molecule has 35 heavy (non-hydrogen) atoms. The molecule has 1 heterocycles. The lowest BCUT2D eigenvalue weighted by Crippen LogP contribution is -2.54. The van der Waals surface area contributed by atoms with E-state index < -0.39 is 23.7 Å². The van der Waals surface area contributed by atoms with Gasteiger partial charge >= 0.3 is 6.03 Å². The summed E-state index contributed by atoms with van der Waals surface area (Å²) in [6.45, 7) is -0.105. The van der Waals surface area contributed by atoms with Gasteiger partial charge in [0.25, 0.3) is 11.8 Å². The molecule has 1 N–H and O–H groups in total. The van der Waals surface area contributed by atoms with E-state index in [-0.39, 0.29) is 33.7 Å². The summed E-state index contributed by atoms with van der Waals surface area (Å²) in [5.74, 6) is -1.47. The third-order valence-electron chi connectivity index (χ3n) is 5.09. The Kier molecular flexibility index (Phi) is 7.04. The quantitative estimate of drug-likeness (QED) is 0.352. The number of hydrogen-bond donors (Lipinski definition) is 1. The maximum atomic E-state index is 13.9. The molecule has 1 aliphatic rings. The number of halogens is 3. The number of methoxy groups -OCH3 is 1. The minimum absolute atomic E-state index is 0.0902. The van der Waals surface area contributed by atoms with Crippen LogP contribution in [0.1, 0.15) is 11.1 Å². The Bertz CT molecular complexity index is 1340. The highest BCUT2D eigenvalue weighted by atomic mass is 35.5. The minimum atomic E-state index is -0.879. The molecule has 10 heteroatoms. The van der Waals surface area contributed by atoms with Crippen LogP contribution in [0.5, 0.6) is 11.5 Å². The molecule has 1 aliphatic heterocycles. The van der Waals surface area contributed by atoms with E-state index in [9.17, 15) is 18.8 Å². The van der Waals surface area contributed by atoms with Gasteiger partial charge in [-0.15, -0.1) is 0 Å². The summed E-state index contributed by atoms with van der Waals surface area (Å²) in [6.07, 6.45) is 1.26. The van der Waals surface area contributed by atoms with Gasteiger partial charge in [0, 0.05) is 5.56 Å². The van der Waals surface area contributed by atoms with Crippen LogP contribution < -0.4 is 19.7 Å². The van der Waals surface area contributed by atoms with E-state index in [2.05, 4.69) is 5.32 Å². The first-order valence-corrected chi connectivity index (χ1v) is 10.9. The molecule has 1 saturated heterocycles. The van der Waals surface area contributed by atoms with E-state index in [1.54, 1.807) is 30.3 Å². The number of rotatable bonds is 6. The van der Waals surface area contributed by atoms with Crippen LogP contribution in [0.3, 0.4) is 0 Å². The van der Waals surface area contributed by atoms with Gasteiger partial charge in [0.2, 0.25) is 0 Å². The summed E-state index contributed by atoms with van der Waals surface area (Å²) in [5.41, 5.74) is 0.589. The molecule has 3 aromatic rings. The van der Waals surface area contributed by atoms with Crippen LogP contribution in [0.4, 0.5) is 14.9 Å². The maximum Gasteiger partial charge on any atom is 0.335 e. The number of barbiturate groups is 1. The second-order valence-electron chi connectivity index (χ2n) is 7.35. The van der Waals surface area contributed by atoms with Crippen LogP contribution in [0.15, 0.2) is 66.2 Å². The normalized spacial score (nSPS) is 14.8. The summed E-state index contributed by atoms with van der Waals surface area (Å²) < 4.78 is 24.5. The van der Waals surface area contributed by atoms with Crippen molar-refractivity contribution >= 4 is 52.8 Å². The zero-order chi connectivity index (χ0) is 25.1. The molecule has 0 saturated carbocycles. The molecular formula is C25H17Cl2FN2O5. The van der Waals surface area contributed by atoms with E-state index in [1.165, 1.54) is 43.5 Å². The number of urea groups is 1. The van der Waals surface area contributed by atoms with E-state index in [0.717, 1.165) is 4.90 Å². The van der Waals surface area contributed by atoms with Crippen LogP contribution in [0.2, 0.25) is 10.0 Å². The molecule has 0 aromatic heterocycles. The van der Waals surface area contributed by atoms with Gasteiger partial charge in [-0.25, -0.2) is 14.1 Å². The Morgan fingerprint density at radius 3 is 2.29 bits per heavy atom. The zero-order valence-corrected chi connectivity index (χ0v) is 19.7. The van der Waals surface area contributed by atoms with Gasteiger partial charge in [0.15, 0.2) is 5.75 Å². The highest BCUT2D eigenvalue weighted by Gasteiger charge is 2.36. The highest BCUT2D eigenvalue weighted by Crippen LogP contribution is 2.36. The van der Waals surface area contributed by atoms with Crippen molar-refractivity contribution in [3.63, 3.8) is 0 Å². The SMILES string of the molecule is COc1ccc(N2C(=O)NC(=O)/C(=C\c3cc(Cl)c(OCc4ccccc4F)c(Cl)c3)C2=O)cc1. The lowest BCUT2D eigenvalue weighted by atomic mass is 10.1. The summed E-state index contributed by atoms with van der Waals surface area (Å²) in [7, 11) is 1.49. The van der Waals surface area contributed by atoms with Crippen molar-refractivity contribution in [1.29, 1.82) is 0 Å². The standard InChI is InChI=1S/C25H17Cl2FN2O5/c1-34-17-8-6-16(7-9-17)30-24(32)18(23(31)29-25(30)33)10-14-11-19(26)22(20(27)12-14)35-13-15-4-2-3-5-21(15)28/h2-12H,13H2,1H3,(H,29,31,33)/b18-10+. The van der Waals surface area contributed by atoms with Crippen molar-refractivity contribution in [3.05, 3.63) is 93.2 Å². The fourth-order valence-corrected chi connectivity index (χ4v) is 3.97. The van der Waals surface area contributed by atoms with E-state index in [4.69, 9.17) is 32.7 Å². The Balaban J connectivity index is 1.60. The predicted molar refractivity (Wildman–Crippen MR) is 129 cm³/mol.